The van der Waals surface area contributed by atoms with Crippen LogP contribution in [0.3, 0.4) is 0 Å². The monoisotopic (exact) mass is 452 g/mol. The molecule has 1 heterocycles. The first-order valence-corrected chi connectivity index (χ1v) is 11.6. The molecule has 0 aliphatic rings. The first kappa shape index (κ1) is 22.0. The van der Waals surface area contributed by atoms with Crippen LogP contribution < -0.4 is 0 Å². The van der Waals surface area contributed by atoms with Gasteiger partial charge in [0.15, 0.2) is 0 Å². The lowest BCUT2D eigenvalue weighted by atomic mass is 10.2. The zero-order chi connectivity index (χ0) is 22.9. The Morgan fingerprint density at radius 3 is 2.00 bits per heavy atom. The number of carboxylic acids is 1. The van der Waals surface area contributed by atoms with Gasteiger partial charge in [-0.05, 0) is 31.2 Å². The Hall–Kier alpha value is -3.20. The minimum atomic E-state index is -4.09. The number of aliphatic hydroxyl groups is 1. The van der Waals surface area contributed by atoms with Crippen LogP contribution in [0.15, 0.2) is 77.7 Å². The minimum Gasteiger partial charge on any atom is -0.480 e. The van der Waals surface area contributed by atoms with Crippen LogP contribution in [-0.2, 0) is 21.4 Å². The Morgan fingerprint density at radius 1 is 0.938 bits per heavy atom. The summed E-state index contributed by atoms with van der Waals surface area (Å²) in [5.41, 5.74) is 2.72. The Bertz CT molecular complexity index is 1320. The van der Waals surface area contributed by atoms with Crippen LogP contribution in [0.2, 0.25) is 0 Å². The van der Waals surface area contributed by atoms with Crippen molar-refractivity contribution in [2.45, 2.75) is 24.5 Å². The molecule has 7 nitrogen and oxygen atoms in total. The highest BCUT2D eigenvalue weighted by Gasteiger charge is 2.29. The van der Waals surface area contributed by atoms with Gasteiger partial charge < -0.3 is 14.8 Å². The van der Waals surface area contributed by atoms with Crippen LogP contribution in [0.1, 0.15) is 5.56 Å². The van der Waals surface area contributed by atoms with E-state index >= 15 is 0 Å². The van der Waals surface area contributed by atoms with Crippen molar-refractivity contribution in [1.82, 2.24) is 8.87 Å². The largest absolute Gasteiger partial charge is 0.480 e. The fraction of sp³-hybridized carbons (Fsp3) is 0.208. The van der Waals surface area contributed by atoms with Crippen molar-refractivity contribution in [2.75, 3.05) is 13.1 Å². The number of aryl methyl sites for hydroxylation is 1. The van der Waals surface area contributed by atoms with E-state index in [9.17, 15) is 23.4 Å². The van der Waals surface area contributed by atoms with Crippen LogP contribution in [0, 0.1) is 6.92 Å². The second kappa shape index (κ2) is 8.74. The van der Waals surface area contributed by atoms with E-state index in [1.807, 2.05) is 60.0 Å². The van der Waals surface area contributed by atoms with E-state index in [0.717, 1.165) is 31.7 Å². The van der Waals surface area contributed by atoms with E-state index in [4.69, 9.17) is 0 Å². The highest BCUT2D eigenvalue weighted by atomic mass is 32.2. The average molecular weight is 453 g/mol. The molecule has 1 atom stereocenters. The normalized spacial score (nSPS) is 13.1. The zero-order valence-electron chi connectivity index (χ0n) is 17.5. The van der Waals surface area contributed by atoms with Crippen molar-refractivity contribution in [2.24, 2.45) is 0 Å². The molecule has 0 aliphatic heterocycles. The fourth-order valence-corrected chi connectivity index (χ4v) is 5.39. The minimum absolute atomic E-state index is 0.00610. The van der Waals surface area contributed by atoms with Gasteiger partial charge in [-0.3, -0.25) is 4.79 Å². The fourth-order valence-electron chi connectivity index (χ4n) is 3.96. The summed E-state index contributed by atoms with van der Waals surface area (Å²) >= 11 is 0. The molecule has 32 heavy (non-hydrogen) atoms. The predicted octanol–water partition coefficient (Wildman–Crippen LogP) is 3.24. The van der Waals surface area contributed by atoms with Gasteiger partial charge in [-0.15, -0.1) is 0 Å². The molecule has 4 aromatic rings. The molecule has 0 fully saturated rings. The number of sulfonamides is 1. The van der Waals surface area contributed by atoms with Crippen molar-refractivity contribution < 1.29 is 23.4 Å². The number of carbonyl (C=O) groups is 1. The number of fused-ring (bicyclic) bond motifs is 3. The van der Waals surface area contributed by atoms with Gasteiger partial charge in [-0.2, -0.15) is 4.31 Å². The van der Waals surface area contributed by atoms with Crippen molar-refractivity contribution in [3.8, 4) is 0 Å². The molecule has 2 N–H and O–H groups in total. The van der Waals surface area contributed by atoms with Gasteiger partial charge in [-0.1, -0.05) is 54.1 Å². The second-order valence-corrected chi connectivity index (χ2v) is 9.74. The number of para-hydroxylation sites is 2. The van der Waals surface area contributed by atoms with Gasteiger partial charge in [0.25, 0.3) is 0 Å². The number of nitrogens with zero attached hydrogens (tertiary/aromatic N) is 2. The average Bonchev–Trinajstić information content (AvgIpc) is 3.07. The van der Waals surface area contributed by atoms with Gasteiger partial charge >= 0.3 is 5.97 Å². The highest BCUT2D eigenvalue weighted by molar-refractivity contribution is 7.89. The first-order valence-electron chi connectivity index (χ1n) is 10.2. The van der Waals surface area contributed by atoms with E-state index in [1.165, 1.54) is 12.1 Å². The first-order chi connectivity index (χ1) is 15.3. The summed E-state index contributed by atoms with van der Waals surface area (Å²) in [6.45, 7) is 0.873. The molecule has 0 unspecified atom stereocenters. The van der Waals surface area contributed by atoms with Crippen molar-refractivity contribution in [3.05, 3.63) is 78.4 Å². The van der Waals surface area contributed by atoms with E-state index in [0.29, 0.717) is 0 Å². The maximum atomic E-state index is 13.1. The zero-order valence-corrected chi connectivity index (χ0v) is 18.4. The number of rotatable bonds is 8. The van der Waals surface area contributed by atoms with Crippen LogP contribution in [0.5, 0.6) is 0 Å². The Morgan fingerprint density at radius 2 is 1.47 bits per heavy atom. The number of aliphatic hydroxyl groups excluding tert-OH is 1. The maximum absolute atomic E-state index is 13.1. The summed E-state index contributed by atoms with van der Waals surface area (Å²) in [6.07, 6.45) is -1.12. The predicted molar refractivity (Wildman–Crippen MR) is 123 cm³/mol. The Balaban J connectivity index is 1.65. The number of aromatic nitrogens is 1. The highest BCUT2D eigenvalue weighted by Crippen LogP contribution is 2.29. The molecule has 4 rings (SSSR count). The van der Waals surface area contributed by atoms with Crippen LogP contribution in [-0.4, -0.2) is 52.7 Å². The third-order valence-electron chi connectivity index (χ3n) is 5.46. The second-order valence-electron chi connectivity index (χ2n) is 7.80. The van der Waals surface area contributed by atoms with Crippen molar-refractivity contribution in [3.63, 3.8) is 0 Å². The third-order valence-corrected chi connectivity index (χ3v) is 7.28. The molecular formula is C24H24N2O5S. The molecule has 0 saturated heterocycles. The molecule has 0 amide bonds. The van der Waals surface area contributed by atoms with E-state index in [-0.39, 0.29) is 18.0 Å². The Kier molecular flexibility index (Phi) is 6.01. The summed E-state index contributed by atoms with van der Waals surface area (Å²) in [5, 5.41) is 22.2. The molecule has 1 aromatic heterocycles. The van der Waals surface area contributed by atoms with E-state index in [2.05, 4.69) is 0 Å². The van der Waals surface area contributed by atoms with Gasteiger partial charge in [-0.25, -0.2) is 8.42 Å². The maximum Gasteiger partial charge on any atom is 0.318 e. The summed E-state index contributed by atoms with van der Waals surface area (Å²) in [6, 6.07) is 21.8. The number of hydrogen-bond acceptors (Lipinski definition) is 4. The summed E-state index contributed by atoms with van der Waals surface area (Å²) < 4.78 is 28.9. The standard InChI is InChI=1S/C24H24N2O5S/c1-17-10-12-19(13-11-17)32(30,31)25(16-24(28)29)14-18(27)15-26-22-8-4-2-6-20(22)21-7-3-5-9-23(21)26/h2-13,18,27H,14-16H2,1H3,(H,28,29)/t18-/m1/s1. The Labute approximate surface area is 186 Å². The number of hydrogen-bond donors (Lipinski definition) is 2. The molecule has 0 saturated carbocycles. The summed E-state index contributed by atoms with van der Waals surface area (Å²) in [7, 11) is -4.09. The molecule has 8 heteroatoms. The molecule has 0 spiro atoms. The smallest absolute Gasteiger partial charge is 0.318 e. The van der Waals surface area contributed by atoms with Crippen LogP contribution in [0.25, 0.3) is 21.8 Å². The van der Waals surface area contributed by atoms with Gasteiger partial charge in [0, 0.05) is 28.4 Å². The van der Waals surface area contributed by atoms with Gasteiger partial charge in [0.05, 0.1) is 17.5 Å². The lowest BCUT2D eigenvalue weighted by Crippen LogP contribution is -2.42. The van der Waals surface area contributed by atoms with Gasteiger partial charge in [0.1, 0.15) is 6.54 Å². The lowest BCUT2D eigenvalue weighted by molar-refractivity contribution is -0.137. The molecule has 0 aliphatic carbocycles. The molecule has 166 valence electrons. The van der Waals surface area contributed by atoms with E-state index < -0.39 is 28.6 Å². The summed E-state index contributed by atoms with van der Waals surface area (Å²) in [4.78, 5) is 11.4. The quantitative estimate of drug-likeness (QED) is 0.428. The lowest BCUT2D eigenvalue weighted by Gasteiger charge is -2.24. The number of benzene rings is 3. The number of aliphatic carboxylic acids is 1. The molecular weight excluding hydrogens is 428 g/mol. The van der Waals surface area contributed by atoms with Crippen molar-refractivity contribution in [1.29, 1.82) is 0 Å². The van der Waals surface area contributed by atoms with Gasteiger partial charge in [0.2, 0.25) is 10.0 Å². The molecule has 0 bridgehead atoms. The number of carboxylic acid groups (broad SMARTS) is 1. The SMILES string of the molecule is Cc1ccc(S(=O)(=O)N(CC(=O)O)C[C@@H](O)Cn2c3ccccc3c3ccccc32)cc1. The van der Waals surface area contributed by atoms with Crippen LogP contribution >= 0.6 is 0 Å². The molecule has 3 aromatic carbocycles. The van der Waals surface area contributed by atoms with Crippen molar-refractivity contribution >= 4 is 37.8 Å². The summed E-state index contributed by atoms with van der Waals surface area (Å²) in [5.74, 6) is -1.29. The van der Waals surface area contributed by atoms with E-state index in [1.54, 1.807) is 12.1 Å². The topological polar surface area (TPSA) is 99.8 Å². The van der Waals surface area contributed by atoms with Crippen LogP contribution in [0.4, 0.5) is 0 Å². The molecule has 0 radical (unpaired) electrons. The third kappa shape index (κ3) is 4.25.